The normalized spacial score (nSPS) is 17.2. The van der Waals surface area contributed by atoms with Crippen LogP contribution in [0.4, 0.5) is 5.69 Å². The number of rotatable bonds is 5. The van der Waals surface area contributed by atoms with Gasteiger partial charge in [-0.15, -0.1) is 0 Å². The number of carbonyl (C=O) groups excluding carboxylic acids is 2. The van der Waals surface area contributed by atoms with Gasteiger partial charge in [-0.2, -0.15) is 0 Å². The molecule has 4 rings (SSSR count). The van der Waals surface area contributed by atoms with Gasteiger partial charge < -0.3 is 9.64 Å². The molecule has 2 aromatic carbocycles. The van der Waals surface area contributed by atoms with Gasteiger partial charge in [-0.3, -0.25) is 9.59 Å². The summed E-state index contributed by atoms with van der Waals surface area (Å²) in [5.74, 6) is 0.140. The van der Waals surface area contributed by atoms with Gasteiger partial charge in [-0.05, 0) is 75.4 Å². The van der Waals surface area contributed by atoms with Crippen LogP contribution in [0, 0.1) is 6.92 Å². The summed E-state index contributed by atoms with van der Waals surface area (Å²) in [5.41, 5.74) is 2.90. The van der Waals surface area contributed by atoms with Crippen LogP contribution in [0.5, 0.6) is 5.75 Å². The summed E-state index contributed by atoms with van der Waals surface area (Å²) in [6.45, 7) is 7.31. The van der Waals surface area contributed by atoms with Crippen molar-refractivity contribution in [3.05, 3.63) is 64.3 Å². The molecule has 6 heteroatoms. The molecular weight excluding hydrogens is 412 g/mol. The Hall–Kier alpha value is -2.79. The van der Waals surface area contributed by atoms with Gasteiger partial charge >= 0.3 is 0 Å². The predicted molar refractivity (Wildman–Crippen MR) is 123 cm³/mol. The van der Waals surface area contributed by atoms with Crippen LogP contribution in [-0.2, 0) is 9.59 Å². The zero-order valence-electron chi connectivity index (χ0n) is 18.2. The molecule has 2 amide bonds. The van der Waals surface area contributed by atoms with Crippen LogP contribution < -0.4 is 9.64 Å². The third kappa shape index (κ3) is 4.07. The molecule has 0 bridgehead atoms. The van der Waals surface area contributed by atoms with Gasteiger partial charge in [0.15, 0.2) is 0 Å². The first-order valence-electron chi connectivity index (χ1n) is 10.8. The number of amides is 2. The molecule has 2 aromatic rings. The third-order valence-electron chi connectivity index (χ3n) is 5.73. The van der Waals surface area contributed by atoms with Crippen LogP contribution in [0.2, 0.25) is 5.02 Å². The highest BCUT2D eigenvalue weighted by molar-refractivity contribution is 6.46. The van der Waals surface area contributed by atoms with Crippen molar-refractivity contribution >= 4 is 34.7 Å². The Morgan fingerprint density at radius 3 is 2.26 bits per heavy atom. The largest absolute Gasteiger partial charge is 0.491 e. The average molecular weight is 439 g/mol. The lowest BCUT2D eigenvalue weighted by molar-refractivity contribution is -0.120. The summed E-state index contributed by atoms with van der Waals surface area (Å²) in [6.07, 6.45) is 3.22. The van der Waals surface area contributed by atoms with Crippen LogP contribution in [0.25, 0.3) is 5.57 Å². The van der Waals surface area contributed by atoms with E-state index >= 15 is 0 Å². The van der Waals surface area contributed by atoms with Gasteiger partial charge in [-0.25, -0.2) is 4.90 Å². The Balaban J connectivity index is 1.79. The average Bonchev–Trinajstić information content (AvgIpc) is 3.01. The molecule has 1 saturated heterocycles. The Morgan fingerprint density at radius 2 is 1.61 bits per heavy atom. The highest BCUT2D eigenvalue weighted by Gasteiger charge is 2.43. The number of nitrogens with zero attached hydrogens (tertiary/aromatic N) is 2. The third-order valence-corrected chi connectivity index (χ3v) is 6.14. The van der Waals surface area contributed by atoms with Crippen LogP contribution >= 0.6 is 11.6 Å². The summed E-state index contributed by atoms with van der Waals surface area (Å²) < 4.78 is 5.74. The lowest BCUT2D eigenvalue weighted by atomic mass is 10.0. The van der Waals surface area contributed by atoms with Crippen LogP contribution in [0.15, 0.2) is 48.2 Å². The van der Waals surface area contributed by atoms with Crippen molar-refractivity contribution in [1.82, 2.24) is 4.90 Å². The minimum Gasteiger partial charge on any atom is -0.491 e. The maximum absolute atomic E-state index is 13.6. The maximum atomic E-state index is 13.6. The van der Waals surface area contributed by atoms with Gasteiger partial charge in [-0.1, -0.05) is 29.8 Å². The number of imide groups is 1. The quantitative estimate of drug-likeness (QED) is 0.601. The van der Waals surface area contributed by atoms with E-state index in [1.807, 2.05) is 45.0 Å². The number of halogens is 1. The molecule has 0 atom stereocenters. The number of anilines is 1. The monoisotopic (exact) mass is 438 g/mol. The second-order valence-corrected chi connectivity index (χ2v) is 8.70. The van der Waals surface area contributed by atoms with Gasteiger partial charge in [0, 0.05) is 18.1 Å². The molecule has 5 nitrogen and oxygen atoms in total. The molecule has 31 heavy (non-hydrogen) atoms. The van der Waals surface area contributed by atoms with Gasteiger partial charge in [0.2, 0.25) is 0 Å². The maximum Gasteiger partial charge on any atom is 0.282 e. The van der Waals surface area contributed by atoms with Gasteiger partial charge in [0.1, 0.15) is 11.4 Å². The number of likely N-dealkylation sites (tertiary alicyclic amines) is 1. The van der Waals surface area contributed by atoms with Crippen molar-refractivity contribution in [2.75, 3.05) is 18.0 Å². The van der Waals surface area contributed by atoms with E-state index < -0.39 is 0 Å². The fraction of sp³-hybridized carbons (Fsp3) is 0.360. The minimum absolute atomic E-state index is 0.0602. The molecule has 2 heterocycles. The first-order valence-corrected chi connectivity index (χ1v) is 11.2. The van der Waals surface area contributed by atoms with E-state index in [1.54, 1.807) is 18.2 Å². The first kappa shape index (κ1) is 21.4. The van der Waals surface area contributed by atoms with Crippen molar-refractivity contribution in [3.63, 3.8) is 0 Å². The number of hydrogen-bond acceptors (Lipinski definition) is 4. The summed E-state index contributed by atoms with van der Waals surface area (Å²) >= 11 is 6.30. The highest BCUT2D eigenvalue weighted by atomic mass is 35.5. The van der Waals surface area contributed by atoms with E-state index in [9.17, 15) is 9.59 Å². The summed E-state index contributed by atoms with van der Waals surface area (Å²) in [5, 5.41) is 0.529. The standard InChI is InChI=1S/C25H27ClN2O3/c1-16(2)31-19-12-10-18(11-13-19)22-23(27-14-5-4-6-15-27)25(30)28(24(22)29)21-9-7-8-20(26)17(21)3/h7-13,16H,4-6,14-15H2,1-3H3. The zero-order valence-corrected chi connectivity index (χ0v) is 18.9. The lowest BCUT2D eigenvalue weighted by Crippen LogP contribution is -2.37. The molecule has 0 radical (unpaired) electrons. The van der Waals surface area contributed by atoms with Crippen LogP contribution in [0.1, 0.15) is 44.2 Å². The number of ether oxygens (including phenoxy) is 1. The Morgan fingerprint density at radius 1 is 0.935 bits per heavy atom. The molecule has 162 valence electrons. The number of hydrogen-bond donors (Lipinski definition) is 0. The molecule has 2 aliphatic rings. The van der Waals surface area contributed by atoms with Crippen molar-refractivity contribution in [1.29, 1.82) is 0 Å². The minimum atomic E-state index is -0.312. The van der Waals surface area contributed by atoms with Gasteiger partial charge in [0.05, 0.1) is 17.4 Å². The molecular formula is C25H27ClN2O3. The smallest absolute Gasteiger partial charge is 0.282 e. The fourth-order valence-corrected chi connectivity index (χ4v) is 4.39. The van der Waals surface area contributed by atoms with Crippen molar-refractivity contribution in [2.24, 2.45) is 0 Å². The molecule has 0 unspecified atom stereocenters. The van der Waals surface area contributed by atoms with E-state index in [2.05, 4.69) is 4.90 Å². The van der Waals surface area contributed by atoms with Crippen molar-refractivity contribution in [3.8, 4) is 5.75 Å². The van der Waals surface area contributed by atoms with E-state index in [1.165, 1.54) is 4.90 Å². The Kier molecular flexibility index (Phi) is 6.05. The zero-order chi connectivity index (χ0) is 22.1. The topological polar surface area (TPSA) is 49.9 Å². The number of piperidine rings is 1. The number of carbonyl (C=O) groups is 2. The summed E-state index contributed by atoms with van der Waals surface area (Å²) in [6, 6.07) is 12.7. The van der Waals surface area contributed by atoms with Crippen LogP contribution in [0.3, 0.4) is 0 Å². The number of benzene rings is 2. The molecule has 0 spiro atoms. The highest BCUT2D eigenvalue weighted by Crippen LogP contribution is 2.38. The Labute approximate surface area is 188 Å². The SMILES string of the molecule is Cc1c(Cl)cccc1N1C(=O)C(c2ccc(OC(C)C)cc2)=C(N2CCCCC2)C1=O. The predicted octanol–water partition coefficient (Wildman–Crippen LogP) is 5.21. The second-order valence-electron chi connectivity index (χ2n) is 8.29. The van der Waals surface area contributed by atoms with E-state index in [0.717, 1.165) is 43.7 Å². The Bertz CT molecular complexity index is 1040. The first-order chi connectivity index (χ1) is 14.9. The lowest BCUT2D eigenvalue weighted by Gasteiger charge is -2.29. The van der Waals surface area contributed by atoms with E-state index in [-0.39, 0.29) is 17.9 Å². The van der Waals surface area contributed by atoms with E-state index in [0.29, 0.717) is 27.5 Å². The molecule has 0 aromatic heterocycles. The van der Waals surface area contributed by atoms with Crippen molar-refractivity contribution < 1.29 is 14.3 Å². The van der Waals surface area contributed by atoms with Crippen molar-refractivity contribution in [2.45, 2.75) is 46.1 Å². The fourth-order valence-electron chi connectivity index (χ4n) is 4.22. The summed E-state index contributed by atoms with van der Waals surface area (Å²) in [4.78, 5) is 30.6. The summed E-state index contributed by atoms with van der Waals surface area (Å²) in [7, 11) is 0. The molecule has 0 aliphatic carbocycles. The van der Waals surface area contributed by atoms with E-state index in [4.69, 9.17) is 16.3 Å². The molecule has 0 saturated carbocycles. The van der Waals surface area contributed by atoms with Gasteiger partial charge in [0.25, 0.3) is 11.8 Å². The second kappa shape index (κ2) is 8.75. The molecule has 0 N–H and O–H groups in total. The van der Waals surface area contributed by atoms with Crippen LogP contribution in [-0.4, -0.2) is 35.9 Å². The molecule has 1 fully saturated rings. The molecule has 2 aliphatic heterocycles.